The number of fused-ring (bicyclic) bond motifs is 13. The Morgan fingerprint density at radius 1 is 0.269 bits per heavy atom. The van der Waals surface area contributed by atoms with E-state index in [0.29, 0.717) is 56.0 Å². The Hall–Kier alpha value is -12.6. The molecule has 0 spiro atoms. The Morgan fingerprint density at radius 3 is 1.28 bits per heavy atom. The number of anilines is 6. The predicted octanol–water partition coefficient (Wildman–Crippen LogP) is 25.6. The number of rotatable bonds is 9. The van der Waals surface area contributed by atoms with E-state index in [9.17, 15) is 19.2 Å². The van der Waals surface area contributed by atoms with Gasteiger partial charge in [0.15, 0.2) is 0 Å². The van der Waals surface area contributed by atoms with Crippen LogP contribution in [0.25, 0.3) is 127 Å². The monoisotopic (exact) mass is 1410 g/mol. The third kappa shape index (κ3) is 10.2. The van der Waals surface area contributed by atoms with Crippen LogP contribution >= 0.6 is 0 Å². The smallest absolute Gasteiger partial charge is 0.252 e. The normalized spacial score (nSPS) is 15.3. The molecule has 15 aromatic carbocycles. The molecule has 6 heteroatoms. The number of aromatic nitrogens is 3. The van der Waals surface area contributed by atoms with Gasteiger partial charge < -0.3 is 23.5 Å². The van der Waals surface area contributed by atoms with Crippen LogP contribution in [-0.2, 0) is 16.2 Å². The summed E-state index contributed by atoms with van der Waals surface area (Å²) in [5, 5.41) is 3.61. The largest absolute Gasteiger partial charge is 0.310 e. The van der Waals surface area contributed by atoms with Crippen LogP contribution in [0.4, 0.5) is 34.1 Å². The fourth-order valence-electron chi connectivity index (χ4n) is 16.9. The van der Waals surface area contributed by atoms with Gasteiger partial charge in [0.1, 0.15) is 0 Å². The Kier molecular flexibility index (Phi) is 11.0. The summed E-state index contributed by atoms with van der Waals surface area (Å²) in [6, 6.07) is 65.6. The number of nitrogens with zero attached hydrogens (tertiary/aromatic N) is 5. The first-order valence-electron chi connectivity index (χ1n) is 45.7. The molecule has 0 atom stereocenters. The standard InChI is InChI=1S/C102H82BN5/c1-100(2,3)71-50-55-88-82(60-71)83-61-72(101(4,5)6)51-56-89(83)106(88)90-47-29-43-78-79-44-30-48-91(99(79)105(98(78)90)74-39-23-14-24-40-74)107-92-57-69(65-31-15-10-16-32-65)49-53-84(92)103-85-54-52-75(104-86-45-27-25-41-76(86)77-42-26-28-46-87(77)104)64-93(85)108(95-59-70(58-94(107)96(95)103)66-33-17-11-18-34-66)97-80(67-35-19-12-20-36-67)62-73(102(7,8)9)63-81(97)68-37-21-13-22-38-68/h10-64H,1-9H3/i10D,11D,15D,16D,17D,18D,25D,26D,27D,28D,31D,32D,33D,34D,41D,42D,45D,46D. The Balaban J connectivity index is 0.999. The van der Waals surface area contributed by atoms with E-state index < -0.39 is 121 Å². The summed E-state index contributed by atoms with van der Waals surface area (Å²) in [5.41, 5.74) is 15.6. The Morgan fingerprint density at radius 2 is 0.731 bits per heavy atom. The summed E-state index contributed by atoms with van der Waals surface area (Å²) in [6.45, 7) is 18.9. The molecule has 0 saturated heterocycles. The van der Waals surface area contributed by atoms with Gasteiger partial charge in [0.2, 0.25) is 0 Å². The average Bonchev–Trinajstić information content (AvgIpc) is 0.994. The molecule has 18 aromatic rings. The van der Waals surface area contributed by atoms with Crippen LogP contribution in [0.1, 0.15) is 104 Å². The molecule has 0 unspecified atom stereocenters. The van der Waals surface area contributed by atoms with E-state index >= 15 is 0 Å². The minimum Gasteiger partial charge on any atom is -0.310 e. The molecule has 0 fully saturated rings. The van der Waals surface area contributed by atoms with E-state index in [-0.39, 0.29) is 60.6 Å². The van der Waals surface area contributed by atoms with Gasteiger partial charge in [-0.3, -0.25) is 0 Å². The van der Waals surface area contributed by atoms with Gasteiger partial charge in [0.05, 0.1) is 74.8 Å². The summed E-state index contributed by atoms with van der Waals surface area (Å²) in [6.07, 6.45) is 0. The van der Waals surface area contributed by atoms with Crippen LogP contribution in [0.15, 0.2) is 333 Å². The number of para-hydroxylation sites is 5. The lowest BCUT2D eigenvalue weighted by Gasteiger charge is -2.45. The summed E-state index contributed by atoms with van der Waals surface area (Å²) in [5.74, 6) is 0. The second-order valence-corrected chi connectivity index (χ2v) is 31.6. The van der Waals surface area contributed by atoms with Crippen molar-refractivity contribution in [2.75, 3.05) is 9.80 Å². The Bertz CT molecular complexity index is 7570. The maximum Gasteiger partial charge on any atom is 0.252 e. The molecule has 0 radical (unpaired) electrons. The van der Waals surface area contributed by atoms with Gasteiger partial charge in [-0.1, -0.05) is 292 Å². The molecule has 518 valence electrons. The molecule has 0 amide bonds. The number of hydrogen-bond acceptors (Lipinski definition) is 2. The van der Waals surface area contributed by atoms with Crippen LogP contribution in [0.2, 0.25) is 0 Å². The van der Waals surface area contributed by atoms with E-state index in [1.165, 1.54) is 15.7 Å². The molecule has 0 bridgehead atoms. The summed E-state index contributed by atoms with van der Waals surface area (Å²) in [7, 11) is 0. The first-order chi connectivity index (χ1) is 60.0. The fraction of sp³-hybridized carbons (Fsp3) is 0.118. The topological polar surface area (TPSA) is 21.3 Å². The zero-order chi connectivity index (χ0) is 88.7. The van der Waals surface area contributed by atoms with Crippen LogP contribution < -0.4 is 26.2 Å². The number of hydrogen-bond donors (Lipinski definition) is 0. The minimum atomic E-state index is -0.926. The van der Waals surface area contributed by atoms with Crippen molar-refractivity contribution in [2.24, 2.45) is 0 Å². The van der Waals surface area contributed by atoms with Gasteiger partial charge in [0, 0.05) is 77.6 Å². The predicted molar refractivity (Wildman–Crippen MR) is 461 cm³/mol. The molecule has 108 heavy (non-hydrogen) atoms. The van der Waals surface area contributed by atoms with E-state index in [1.54, 1.807) is 12.1 Å². The fourth-order valence-corrected chi connectivity index (χ4v) is 16.9. The zero-order valence-electron chi connectivity index (χ0n) is 79.2. The van der Waals surface area contributed by atoms with Crippen molar-refractivity contribution in [1.82, 2.24) is 13.7 Å². The Labute approximate surface area is 657 Å². The van der Waals surface area contributed by atoms with E-state index in [2.05, 4.69) is 166 Å². The lowest BCUT2D eigenvalue weighted by atomic mass is 9.33. The molecule has 20 rings (SSSR count). The van der Waals surface area contributed by atoms with Crippen LogP contribution in [0.5, 0.6) is 0 Å². The molecular weight excluding hydrogens is 1310 g/mol. The highest BCUT2D eigenvalue weighted by molar-refractivity contribution is 7.00. The van der Waals surface area contributed by atoms with Crippen LogP contribution in [0, 0.1) is 0 Å². The highest BCUT2D eigenvalue weighted by Gasteiger charge is 2.46. The van der Waals surface area contributed by atoms with Gasteiger partial charge in [-0.05, 0) is 186 Å². The number of benzene rings is 15. The third-order valence-corrected chi connectivity index (χ3v) is 22.1. The molecule has 2 aliphatic heterocycles. The minimum absolute atomic E-state index is 0.0812. The molecule has 0 saturated carbocycles. The van der Waals surface area contributed by atoms with Crippen LogP contribution in [0.3, 0.4) is 0 Å². The van der Waals surface area contributed by atoms with Crippen molar-refractivity contribution in [3.63, 3.8) is 0 Å². The summed E-state index contributed by atoms with van der Waals surface area (Å²) < 4.78 is 177. The van der Waals surface area contributed by atoms with Crippen molar-refractivity contribution < 1.29 is 24.7 Å². The first kappa shape index (κ1) is 48.5. The molecule has 3 aromatic heterocycles. The van der Waals surface area contributed by atoms with Gasteiger partial charge in [0.25, 0.3) is 6.71 Å². The highest BCUT2D eigenvalue weighted by atomic mass is 15.2. The van der Waals surface area contributed by atoms with Crippen molar-refractivity contribution in [2.45, 2.75) is 78.6 Å². The molecule has 5 heterocycles. The van der Waals surface area contributed by atoms with Crippen molar-refractivity contribution in [3.05, 3.63) is 350 Å². The lowest BCUT2D eigenvalue weighted by Crippen LogP contribution is -2.61. The van der Waals surface area contributed by atoms with Crippen molar-refractivity contribution in [3.8, 4) is 61.6 Å². The second-order valence-electron chi connectivity index (χ2n) is 31.6. The summed E-state index contributed by atoms with van der Waals surface area (Å²) in [4.78, 5) is 4.27. The van der Waals surface area contributed by atoms with Gasteiger partial charge in [-0.25, -0.2) is 0 Å². The first-order valence-corrected chi connectivity index (χ1v) is 36.7. The van der Waals surface area contributed by atoms with Gasteiger partial charge in [-0.15, -0.1) is 0 Å². The van der Waals surface area contributed by atoms with E-state index in [1.807, 2.05) is 127 Å². The maximum atomic E-state index is 10.2. The van der Waals surface area contributed by atoms with Crippen molar-refractivity contribution >= 4 is 123 Å². The average molecular weight is 1410 g/mol. The third-order valence-electron chi connectivity index (χ3n) is 22.1. The van der Waals surface area contributed by atoms with E-state index in [4.69, 9.17) is 5.48 Å². The molecule has 5 nitrogen and oxygen atoms in total. The SMILES string of the molecule is [2H]c1c([2H])c([2H])c(-c2ccc3c(c2)N(c2cccc4c5cccc(-n6c7ccc(C(C)(C)C)cc7c7cc(C(C)(C)C)ccc76)c5n(-c5ccccc5)c24)c2cc(-c4c([2H])c([2H])c([2H])c([2H])c4[2H])cc4c2B3c2ccc(-n3c5c([2H])c([2H])c([2H])c([2H])c5c5c([2H])c([2H])c([2H])c([2H])c53)cc2N4c2c(-c3ccccc3)cc(C(C)(C)C)cc2-c2ccccc2)c([2H])c1[2H]. The van der Waals surface area contributed by atoms with Crippen molar-refractivity contribution in [1.29, 1.82) is 0 Å². The molecule has 0 aliphatic carbocycles. The van der Waals surface area contributed by atoms with E-state index in [0.717, 1.165) is 77.3 Å². The molecule has 0 N–H and O–H groups in total. The molecular formula is C102H82BN5. The highest BCUT2D eigenvalue weighted by Crippen LogP contribution is 2.55. The van der Waals surface area contributed by atoms with Crippen LogP contribution in [-0.4, -0.2) is 20.4 Å². The second kappa shape index (κ2) is 24.5. The quantitative estimate of drug-likeness (QED) is 0.134. The summed E-state index contributed by atoms with van der Waals surface area (Å²) >= 11 is 0. The lowest BCUT2D eigenvalue weighted by molar-refractivity contribution is 0.590. The zero-order valence-corrected chi connectivity index (χ0v) is 61.2. The van der Waals surface area contributed by atoms with Gasteiger partial charge in [-0.2, -0.15) is 0 Å². The maximum absolute atomic E-state index is 10.2. The van der Waals surface area contributed by atoms with Gasteiger partial charge >= 0.3 is 0 Å². The molecule has 2 aliphatic rings.